The molecule has 4 heteroatoms. The van der Waals surface area contributed by atoms with Crippen molar-refractivity contribution in [2.75, 3.05) is 0 Å². The lowest BCUT2D eigenvalue weighted by molar-refractivity contribution is 0.414. The van der Waals surface area contributed by atoms with Crippen molar-refractivity contribution in [3.63, 3.8) is 0 Å². The first-order valence-corrected chi connectivity index (χ1v) is 5.33. The summed E-state index contributed by atoms with van der Waals surface area (Å²) in [5.41, 5.74) is 6.92. The highest BCUT2D eigenvalue weighted by atomic mass is 35.5. The maximum absolute atomic E-state index is 13.4. The summed E-state index contributed by atoms with van der Waals surface area (Å²) in [6.07, 6.45) is 3.27. The van der Waals surface area contributed by atoms with E-state index in [-0.39, 0.29) is 24.2 Å². The van der Waals surface area contributed by atoms with Gasteiger partial charge >= 0.3 is 0 Å². The summed E-state index contributed by atoms with van der Waals surface area (Å²) in [6, 6.07) is 3.14. The summed E-state index contributed by atoms with van der Waals surface area (Å²) >= 11 is 0. The van der Waals surface area contributed by atoms with Crippen molar-refractivity contribution in [2.24, 2.45) is 11.7 Å². The zero-order valence-corrected chi connectivity index (χ0v) is 10.1. The summed E-state index contributed by atoms with van der Waals surface area (Å²) < 4.78 is 13.4. The molecule has 1 saturated carbocycles. The number of phenolic OH excluding ortho intramolecular Hbond substituents is 1. The van der Waals surface area contributed by atoms with E-state index < -0.39 is 5.82 Å². The molecule has 1 aliphatic rings. The summed E-state index contributed by atoms with van der Waals surface area (Å²) in [6.45, 7) is 1.63. The van der Waals surface area contributed by atoms with Gasteiger partial charge in [-0.3, -0.25) is 0 Å². The molecule has 0 aliphatic heterocycles. The summed E-state index contributed by atoms with van der Waals surface area (Å²) in [5.74, 6) is -0.148. The van der Waals surface area contributed by atoms with Crippen LogP contribution in [-0.2, 0) is 0 Å². The molecule has 1 atom stereocenters. The Hall–Kier alpha value is -0.800. The van der Waals surface area contributed by atoms with Gasteiger partial charge in [0.15, 0.2) is 11.6 Å². The highest BCUT2D eigenvalue weighted by Crippen LogP contribution is 2.39. The van der Waals surface area contributed by atoms with E-state index in [9.17, 15) is 9.50 Å². The highest BCUT2D eigenvalue weighted by Gasteiger charge is 2.26. The van der Waals surface area contributed by atoms with Gasteiger partial charge in [0.2, 0.25) is 0 Å². The standard InChI is InChI=1S/C12H16FNO.ClH/c1-7-2-5-9(12(15)11(7)13)10(14)6-8-3-4-8;/h2,5,8,10,15H,3-4,6,14H2,1H3;1H/t10-;/m0./s1. The molecule has 0 bridgehead atoms. The molecule has 3 N–H and O–H groups in total. The van der Waals surface area contributed by atoms with E-state index in [1.54, 1.807) is 19.1 Å². The molecule has 0 spiro atoms. The van der Waals surface area contributed by atoms with Gasteiger partial charge < -0.3 is 10.8 Å². The SMILES string of the molecule is Cc1ccc([C@@H](N)CC2CC2)c(O)c1F.Cl. The van der Waals surface area contributed by atoms with Crippen molar-refractivity contribution in [3.8, 4) is 5.75 Å². The van der Waals surface area contributed by atoms with E-state index in [4.69, 9.17) is 5.73 Å². The normalized spacial score (nSPS) is 16.7. The second-order valence-electron chi connectivity index (χ2n) is 4.42. The lowest BCUT2D eigenvalue weighted by atomic mass is 9.99. The monoisotopic (exact) mass is 245 g/mol. The number of halogens is 2. The molecule has 1 aromatic rings. The Balaban J connectivity index is 0.00000128. The second-order valence-corrected chi connectivity index (χ2v) is 4.42. The zero-order valence-electron chi connectivity index (χ0n) is 9.24. The average molecular weight is 246 g/mol. The lowest BCUT2D eigenvalue weighted by Gasteiger charge is -2.14. The second kappa shape index (κ2) is 5.02. The molecule has 2 nitrogen and oxygen atoms in total. The number of benzene rings is 1. The van der Waals surface area contributed by atoms with Crippen LogP contribution in [0.15, 0.2) is 12.1 Å². The molecule has 1 aromatic carbocycles. The fraction of sp³-hybridized carbons (Fsp3) is 0.500. The highest BCUT2D eigenvalue weighted by molar-refractivity contribution is 5.85. The fourth-order valence-electron chi connectivity index (χ4n) is 1.82. The van der Waals surface area contributed by atoms with Crippen LogP contribution < -0.4 is 5.73 Å². The molecule has 90 valence electrons. The molecule has 0 radical (unpaired) electrons. The van der Waals surface area contributed by atoms with Crippen LogP contribution in [0, 0.1) is 18.7 Å². The van der Waals surface area contributed by atoms with Crippen LogP contribution in [0.1, 0.15) is 36.4 Å². The third-order valence-electron chi connectivity index (χ3n) is 3.02. The number of hydrogen-bond acceptors (Lipinski definition) is 2. The van der Waals surface area contributed by atoms with Crippen molar-refractivity contribution in [1.29, 1.82) is 0 Å². The molecule has 16 heavy (non-hydrogen) atoms. The molecule has 2 rings (SSSR count). The minimum atomic E-state index is -0.543. The maximum Gasteiger partial charge on any atom is 0.168 e. The van der Waals surface area contributed by atoms with Crippen molar-refractivity contribution < 1.29 is 9.50 Å². The minimum Gasteiger partial charge on any atom is -0.505 e. The van der Waals surface area contributed by atoms with Gasteiger partial charge in [0.1, 0.15) is 0 Å². The van der Waals surface area contributed by atoms with E-state index in [0.717, 1.165) is 6.42 Å². The van der Waals surface area contributed by atoms with Gasteiger partial charge in [0.25, 0.3) is 0 Å². The minimum absolute atomic E-state index is 0. The predicted molar refractivity (Wildman–Crippen MR) is 64.3 cm³/mol. The molecular formula is C12H17ClFNO. The van der Waals surface area contributed by atoms with E-state index in [0.29, 0.717) is 17.0 Å². The van der Waals surface area contributed by atoms with Gasteiger partial charge in [0.05, 0.1) is 0 Å². The lowest BCUT2D eigenvalue weighted by Crippen LogP contribution is -2.11. The zero-order chi connectivity index (χ0) is 11.0. The van der Waals surface area contributed by atoms with Crippen molar-refractivity contribution >= 4 is 12.4 Å². The Bertz CT molecular complexity index is 380. The van der Waals surface area contributed by atoms with Gasteiger partial charge in [-0.2, -0.15) is 0 Å². The first-order chi connectivity index (χ1) is 7.09. The summed E-state index contributed by atoms with van der Waals surface area (Å²) in [4.78, 5) is 0. The third-order valence-corrected chi connectivity index (χ3v) is 3.02. The van der Waals surface area contributed by atoms with Gasteiger partial charge in [-0.1, -0.05) is 25.0 Å². The van der Waals surface area contributed by atoms with Crippen LogP contribution in [0.4, 0.5) is 4.39 Å². The quantitative estimate of drug-likeness (QED) is 0.860. The topological polar surface area (TPSA) is 46.2 Å². The Labute approximate surface area is 101 Å². The van der Waals surface area contributed by atoms with Gasteiger partial charge in [0, 0.05) is 11.6 Å². The molecular weight excluding hydrogens is 229 g/mol. The molecule has 0 aromatic heterocycles. The number of nitrogens with two attached hydrogens (primary N) is 1. The Kier molecular flexibility index (Phi) is 4.16. The van der Waals surface area contributed by atoms with E-state index in [1.165, 1.54) is 12.8 Å². The van der Waals surface area contributed by atoms with E-state index in [1.807, 2.05) is 0 Å². The van der Waals surface area contributed by atoms with Gasteiger partial charge in [-0.15, -0.1) is 12.4 Å². The number of rotatable bonds is 3. The third kappa shape index (κ3) is 2.66. The molecule has 0 amide bonds. The van der Waals surface area contributed by atoms with Crippen molar-refractivity contribution in [3.05, 3.63) is 29.1 Å². The first-order valence-electron chi connectivity index (χ1n) is 5.33. The smallest absolute Gasteiger partial charge is 0.168 e. The van der Waals surface area contributed by atoms with Crippen LogP contribution in [0.25, 0.3) is 0 Å². The van der Waals surface area contributed by atoms with Gasteiger partial charge in [-0.05, 0) is 24.8 Å². The van der Waals surface area contributed by atoms with Crippen LogP contribution in [0.5, 0.6) is 5.75 Å². The fourth-order valence-corrected chi connectivity index (χ4v) is 1.82. The summed E-state index contributed by atoms with van der Waals surface area (Å²) in [5, 5.41) is 9.63. The van der Waals surface area contributed by atoms with Crippen LogP contribution in [0.3, 0.4) is 0 Å². The molecule has 1 fully saturated rings. The number of phenols is 1. The predicted octanol–water partition coefficient (Wildman–Crippen LogP) is 3.06. The number of hydrogen-bond donors (Lipinski definition) is 2. The Morgan fingerprint density at radius 2 is 2.12 bits per heavy atom. The van der Waals surface area contributed by atoms with Crippen LogP contribution in [0.2, 0.25) is 0 Å². The van der Waals surface area contributed by atoms with Crippen LogP contribution in [-0.4, -0.2) is 5.11 Å². The van der Waals surface area contributed by atoms with Crippen molar-refractivity contribution in [2.45, 2.75) is 32.2 Å². The van der Waals surface area contributed by atoms with E-state index >= 15 is 0 Å². The van der Waals surface area contributed by atoms with Crippen LogP contribution >= 0.6 is 12.4 Å². The van der Waals surface area contributed by atoms with Crippen molar-refractivity contribution in [1.82, 2.24) is 0 Å². The Morgan fingerprint density at radius 3 is 2.69 bits per heavy atom. The molecule has 0 unspecified atom stereocenters. The van der Waals surface area contributed by atoms with Gasteiger partial charge in [-0.25, -0.2) is 4.39 Å². The summed E-state index contributed by atoms with van der Waals surface area (Å²) in [7, 11) is 0. The molecule has 0 heterocycles. The maximum atomic E-state index is 13.4. The molecule has 0 saturated heterocycles. The number of aromatic hydroxyl groups is 1. The molecule has 1 aliphatic carbocycles. The number of aryl methyl sites for hydroxylation is 1. The Morgan fingerprint density at radius 1 is 1.50 bits per heavy atom. The largest absolute Gasteiger partial charge is 0.505 e. The average Bonchev–Trinajstić information content (AvgIpc) is 2.98. The first kappa shape index (κ1) is 13.3. The van der Waals surface area contributed by atoms with E-state index in [2.05, 4.69) is 0 Å².